The summed E-state index contributed by atoms with van der Waals surface area (Å²) in [4.78, 5) is 28.8. The number of hydrogen-bond donors (Lipinski definition) is 2. The number of rotatable bonds is 8. The summed E-state index contributed by atoms with van der Waals surface area (Å²) in [5.41, 5.74) is 2.98. The van der Waals surface area contributed by atoms with Gasteiger partial charge >= 0.3 is 0 Å². The molecule has 1 aliphatic heterocycles. The van der Waals surface area contributed by atoms with Crippen LogP contribution in [0.2, 0.25) is 0 Å². The van der Waals surface area contributed by atoms with Gasteiger partial charge in [-0.2, -0.15) is 0 Å². The van der Waals surface area contributed by atoms with Crippen LogP contribution in [0, 0.1) is 0 Å². The van der Waals surface area contributed by atoms with Crippen molar-refractivity contribution < 1.29 is 9.59 Å². The highest BCUT2D eigenvalue weighted by molar-refractivity contribution is 5.94. The maximum Gasteiger partial charge on any atom is 0.251 e. The summed E-state index contributed by atoms with van der Waals surface area (Å²) >= 11 is 0. The van der Waals surface area contributed by atoms with Crippen molar-refractivity contribution in [3.05, 3.63) is 71.3 Å². The predicted octanol–water partition coefficient (Wildman–Crippen LogP) is 1.87. The maximum atomic E-state index is 12.0. The molecule has 0 unspecified atom stereocenters. The van der Waals surface area contributed by atoms with Crippen LogP contribution in [0.1, 0.15) is 27.9 Å². The smallest absolute Gasteiger partial charge is 0.251 e. The molecule has 0 atom stereocenters. The molecular weight excluding hydrogens is 364 g/mol. The third kappa shape index (κ3) is 7.00. The molecule has 1 saturated heterocycles. The van der Waals surface area contributed by atoms with E-state index in [9.17, 15) is 9.59 Å². The lowest BCUT2D eigenvalue weighted by Crippen LogP contribution is -2.43. The summed E-state index contributed by atoms with van der Waals surface area (Å²) in [7, 11) is 2.16. The van der Waals surface area contributed by atoms with E-state index in [1.165, 1.54) is 5.56 Å². The number of carbonyl (C=O) groups excluding carboxylic acids is 2. The number of benzene rings is 2. The first-order valence-corrected chi connectivity index (χ1v) is 10.2. The molecule has 1 aliphatic rings. The van der Waals surface area contributed by atoms with E-state index >= 15 is 0 Å². The van der Waals surface area contributed by atoms with E-state index in [2.05, 4.69) is 51.7 Å². The van der Waals surface area contributed by atoms with Crippen LogP contribution >= 0.6 is 0 Å². The summed E-state index contributed by atoms with van der Waals surface area (Å²) in [5, 5.41) is 5.68. The van der Waals surface area contributed by atoms with Crippen molar-refractivity contribution in [1.29, 1.82) is 0 Å². The number of nitrogens with zero attached hydrogens (tertiary/aromatic N) is 2. The minimum Gasteiger partial charge on any atom is -0.352 e. The lowest BCUT2D eigenvalue weighted by atomic mass is 10.1. The molecule has 6 nitrogen and oxygen atoms in total. The SMILES string of the molecule is CN1CCN(Cc2ccc(CNC(=O)CCNC(=O)c3ccccc3)cc2)CC1. The molecule has 6 heteroatoms. The van der Waals surface area contributed by atoms with Gasteiger partial charge in [0.1, 0.15) is 0 Å². The molecule has 3 rings (SSSR count). The molecule has 2 aromatic carbocycles. The van der Waals surface area contributed by atoms with E-state index < -0.39 is 0 Å². The highest BCUT2D eigenvalue weighted by Crippen LogP contribution is 2.10. The number of amides is 2. The Hall–Kier alpha value is -2.70. The number of nitrogens with one attached hydrogen (secondary N) is 2. The zero-order chi connectivity index (χ0) is 20.5. The van der Waals surface area contributed by atoms with Gasteiger partial charge in [0.15, 0.2) is 0 Å². The van der Waals surface area contributed by atoms with Gasteiger partial charge in [0.2, 0.25) is 5.91 Å². The van der Waals surface area contributed by atoms with Crippen LogP contribution in [-0.2, 0) is 17.9 Å². The summed E-state index contributed by atoms with van der Waals surface area (Å²) in [6, 6.07) is 17.4. The van der Waals surface area contributed by atoms with E-state index in [4.69, 9.17) is 0 Å². The highest BCUT2D eigenvalue weighted by Gasteiger charge is 2.13. The van der Waals surface area contributed by atoms with Crippen molar-refractivity contribution >= 4 is 11.8 Å². The second-order valence-corrected chi connectivity index (χ2v) is 7.54. The number of piperazine rings is 1. The lowest BCUT2D eigenvalue weighted by molar-refractivity contribution is -0.121. The Bertz CT molecular complexity index is 784. The monoisotopic (exact) mass is 394 g/mol. The first-order chi connectivity index (χ1) is 14.1. The van der Waals surface area contributed by atoms with Gasteiger partial charge in [-0.3, -0.25) is 14.5 Å². The molecule has 2 aromatic rings. The van der Waals surface area contributed by atoms with Crippen molar-refractivity contribution in [3.63, 3.8) is 0 Å². The third-order valence-electron chi connectivity index (χ3n) is 5.19. The Morgan fingerprint density at radius 1 is 0.862 bits per heavy atom. The fraction of sp³-hybridized carbons (Fsp3) is 0.391. The summed E-state index contributed by atoms with van der Waals surface area (Å²) < 4.78 is 0. The van der Waals surface area contributed by atoms with E-state index in [1.54, 1.807) is 12.1 Å². The summed E-state index contributed by atoms with van der Waals surface area (Å²) in [6.45, 7) is 6.25. The fourth-order valence-electron chi connectivity index (χ4n) is 3.30. The van der Waals surface area contributed by atoms with Gasteiger partial charge in [-0.1, -0.05) is 42.5 Å². The quantitative estimate of drug-likeness (QED) is 0.718. The Morgan fingerprint density at radius 2 is 1.52 bits per heavy atom. The summed E-state index contributed by atoms with van der Waals surface area (Å²) in [5.74, 6) is -0.228. The van der Waals surface area contributed by atoms with Crippen molar-refractivity contribution in [2.24, 2.45) is 0 Å². The molecule has 0 spiro atoms. The molecule has 2 N–H and O–H groups in total. The molecule has 154 valence electrons. The topological polar surface area (TPSA) is 64.7 Å². The average molecular weight is 395 g/mol. The molecular formula is C23H30N4O2. The van der Waals surface area contributed by atoms with Crippen molar-refractivity contribution in [3.8, 4) is 0 Å². The van der Waals surface area contributed by atoms with Gasteiger partial charge in [0.05, 0.1) is 0 Å². The van der Waals surface area contributed by atoms with Crippen LogP contribution in [0.4, 0.5) is 0 Å². The molecule has 29 heavy (non-hydrogen) atoms. The van der Waals surface area contributed by atoms with E-state index in [0.29, 0.717) is 18.7 Å². The van der Waals surface area contributed by atoms with E-state index in [0.717, 1.165) is 38.3 Å². The van der Waals surface area contributed by atoms with Gasteiger partial charge in [0, 0.05) is 57.8 Å². The van der Waals surface area contributed by atoms with Crippen molar-refractivity contribution in [1.82, 2.24) is 20.4 Å². The Morgan fingerprint density at radius 3 is 2.21 bits per heavy atom. The maximum absolute atomic E-state index is 12.0. The zero-order valence-corrected chi connectivity index (χ0v) is 17.1. The third-order valence-corrected chi connectivity index (χ3v) is 5.19. The number of likely N-dealkylation sites (N-methyl/N-ethyl adjacent to an activating group) is 1. The molecule has 0 bridgehead atoms. The zero-order valence-electron chi connectivity index (χ0n) is 17.1. The minimum absolute atomic E-state index is 0.0696. The standard InChI is InChI=1S/C23H30N4O2/c1-26-13-15-27(16-14-26)18-20-9-7-19(8-10-20)17-25-22(28)11-12-24-23(29)21-5-3-2-4-6-21/h2-10H,11-18H2,1H3,(H,24,29)(H,25,28). The number of carbonyl (C=O) groups is 2. The van der Waals surface area contributed by atoms with Crippen LogP contribution in [0.5, 0.6) is 0 Å². The second-order valence-electron chi connectivity index (χ2n) is 7.54. The highest BCUT2D eigenvalue weighted by atomic mass is 16.2. The first-order valence-electron chi connectivity index (χ1n) is 10.2. The van der Waals surface area contributed by atoms with Crippen molar-refractivity contribution in [2.75, 3.05) is 39.8 Å². The molecule has 2 amide bonds. The largest absolute Gasteiger partial charge is 0.352 e. The molecule has 1 fully saturated rings. The molecule has 0 aromatic heterocycles. The lowest BCUT2D eigenvalue weighted by Gasteiger charge is -2.32. The average Bonchev–Trinajstić information content (AvgIpc) is 2.75. The Labute approximate surface area is 172 Å². The second kappa shape index (κ2) is 10.7. The van der Waals surface area contributed by atoms with Crippen LogP contribution < -0.4 is 10.6 Å². The molecule has 0 radical (unpaired) electrons. The summed E-state index contributed by atoms with van der Waals surface area (Å²) in [6.07, 6.45) is 0.264. The van der Waals surface area contributed by atoms with Gasteiger partial charge in [-0.15, -0.1) is 0 Å². The normalized spacial score (nSPS) is 15.1. The van der Waals surface area contributed by atoms with Crippen LogP contribution in [0.15, 0.2) is 54.6 Å². The van der Waals surface area contributed by atoms with E-state index in [1.807, 2.05) is 18.2 Å². The van der Waals surface area contributed by atoms with Gasteiger partial charge in [-0.25, -0.2) is 0 Å². The van der Waals surface area contributed by atoms with Crippen molar-refractivity contribution in [2.45, 2.75) is 19.5 Å². The number of hydrogen-bond acceptors (Lipinski definition) is 4. The fourth-order valence-corrected chi connectivity index (χ4v) is 3.30. The Balaban J connectivity index is 1.34. The molecule has 0 saturated carbocycles. The van der Waals surface area contributed by atoms with Gasteiger partial charge < -0.3 is 15.5 Å². The van der Waals surface area contributed by atoms with Crippen LogP contribution in [0.25, 0.3) is 0 Å². The van der Waals surface area contributed by atoms with E-state index in [-0.39, 0.29) is 18.2 Å². The van der Waals surface area contributed by atoms with Crippen LogP contribution in [0.3, 0.4) is 0 Å². The molecule has 0 aliphatic carbocycles. The Kier molecular flexibility index (Phi) is 7.78. The first kappa shape index (κ1) is 21.0. The molecule has 1 heterocycles. The van der Waals surface area contributed by atoms with Gasteiger partial charge in [-0.05, 0) is 30.3 Å². The predicted molar refractivity (Wildman–Crippen MR) is 114 cm³/mol. The minimum atomic E-state index is -0.158. The van der Waals surface area contributed by atoms with Crippen LogP contribution in [-0.4, -0.2) is 61.4 Å². The van der Waals surface area contributed by atoms with Gasteiger partial charge in [0.25, 0.3) is 5.91 Å².